The third kappa shape index (κ3) is 5.61. The van der Waals surface area contributed by atoms with Crippen LogP contribution >= 0.6 is 11.6 Å². The molecule has 1 N–H and O–H groups in total. The highest BCUT2D eigenvalue weighted by atomic mass is 35.5. The molecule has 0 aliphatic rings. The second-order valence-electron chi connectivity index (χ2n) is 4.60. The van der Waals surface area contributed by atoms with Gasteiger partial charge in [0.05, 0.1) is 19.8 Å². The van der Waals surface area contributed by atoms with Crippen LogP contribution < -0.4 is 0 Å². The Morgan fingerprint density at radius 3 is 2.43 bits per heavy atom. The van der Waals surface area contributed by atoms with Gasteiger partial charge in [-0.3, -0.25) is 0 Å². The van der Waals surface area contributed by atoms with Crippen molar-refractivity contribution in [3.05, 3.63) is 70.2 Å². The number of halogens is 1. The van der Waals surface area contributed by atoms with Crippen LogP contribution in [0.4, 0.5) is 0 Å². The van der Waals surface area contributed by atoms with Gasteiger partial charge in [-0.25, -0.2) is 0 Å². The molecule has 2 nitrogen and oxygen atoms in total. The molecule has 2 aromatic rings. The van der Waals surface area contributed by atoms with Crippen LogP contribution in [0.15, 0.2) is 48.5 Å². The van der Waals surface area contributed by atoms with Crippen molar-refractivity contribution in [2.45, 2.75) is 19.6 Å². The second-order valence-corrected chi connectivity index (χ2v) is 5.03. The molecule has 0 heterocycles. The van der Waals surface area contributed by atoms with E-state index in [0.717, 1.165) is 21.7 Å². The molecule has 2 rings (SSSR count). The van der Waals surface area contributed by atoms with Gasteiger partial charge >= 0.3 is 0 Å². The summed E-state index contributed by atoms with van der Waals surface area (Å²) in [5.41, 5.74) is 3.07. The van der Waals surface area contributed by atoms with E-state index in [-0.39, 0.29) is 6.61 Å². The summed E-state index contributed by atoms with van der Waals surface area (Å²) in [4.78, 5) is 0. The first-order valence-electron chi connectivity index (χ1n) is 6.79. The van der Waals surface area contributed by atoms with E-state index in [4.69, 9.17) is 21.4 Å². The zero-order valence-electron chi connectivity index (χ0n) is 11.7. The minimum Gasteiger partial charge on any atom is -0.395 e. The van der Waals surface area contributed by atoms with E-state index in [1.807, 2.05) is 48.5 Å². The largest absolute Gasteiger partial charge is 0.395 e. The highest BCUT2D eigenvalue weighted by Gasteiger charge is 1.97. The van der Waals surface area contributed by atoms with E-state index in [0.29, 0.717) is 19.6 Å². The van der Waals surface area contributed by atoms with Gasteiger partial charge in [-0.05, 0) is 35.4 Å². The van der Waals surface area contributed by atoms with E-state index in [1.54, 1.807) is 0 Å². The number of aliphatic hydroxyl groups is 1. The molecule has 108 valence electrons. The quantitative estimate of drug-likeness (QED) is 0.851. The predicted octanol–water partition coefficient (Wildman–Crippen LogP) is 3.79. The number of ether oxygens (including phenoxy) is 1. The molecule has 0 fully saturated rings. The van der Waals surface area contributed by atoms with Gasteiger partial charge < -0.3 is 9.84 Å². The Hall–Kier alpha value is -1.79. The first kappa shape index (κ1) is 15.6. The molecule has 0 saturated carbocycles. The summed E-state index contributed by atoms with van der Waals surface area (Å²) in [6, 6.07) is 15.6. The Balaban J connectivity index is 1.89. The van der Waals surface area contributed by atoms with Crippen molar-refractivity contribution in [1.82, 2.24) is 0 Å². The van der Waals surface area contributed by atoms with Crippen molar-refractivity contribution in [1.29, 1.82) is 0 Å². The summed E-state index contributed by atoms with van der Waals surface area (Å²) in [5.74, 6) is 5.93. The maximum Gasteiger partial charge on any atom is 0.0721 e. The Kier molecular flexibility index (Phi) is 6.30. The molecular formula is C18H17ClO2. The number of rotatable bonds is 5. The Morgan fingerprint density at radius 1 is 1.00 bits per heavy atom. The van der Waals surface area contributed by atoms with Crippen LogP contribution in [0.5, 0.6) is 0 Å². The maximum absolute atomic E-state index is 8.71. The minimum atomic E-state index is 0.0927. The van der Waals surface area contributed by atoms with Crippen molar-refractivity contribution in [3.8, 4) is 11.8 Å². The molecule has 0 radical (unpaired) electrons. The first-order valence-corrected chi connectivity index (χ1v) is 7.16. The van der Waals surface area contributed by atoms with Crippen LogP contribution in [0.1, 0.15) is 23.1 Å². The Bertz CT molecular complexity index is 641. The molecule has 0 unspecified atom stereocenters. The lowest BCUT2D eigenvalue weighted by molar-refractivity contribution is 0.107. The first-order chi connectivity index (χ1) is 10.3. The molecule has 0 aliphatic heterocycles. The van der Waals surface area contributed by atoms with E-state index < -0.39 is 0 Å². The summed E-state index contributed by atoms with van der Waals surface area (Å²) in [6.45, 7) is 1.15. The number of hydrogen-bond donors (Lipinski definition) is 1. The zero-order chi connectivity index (χ0) is 14.9. The van der Waals surface area contributed by atoms with E-state index in [2.05, 4.69) is 11.8 Å². The van der Waals surface area contributed by atoms with Crippen LogP contribution in [0.25, 0.3) is 0 Å². The molecular weight excluding hydrogens is 284 g/mol. The van der Waals surface area contributed by atoms with Crippen molar-refractivity contribution in [3.63, 3.8) is 0 Å². The lowest BCUT2D eigenvalue weighted by atomic mass is 10.1. The molecule has 0 spiro atoms. The molecule has 21 heavy (non-hydrogen) atoms. The fraction of sp³-hybridized carbons (Fsp3) is 0.222. The van der Waals surface area contributed by atoms with E-state index >= 15 is 0 Å². The van der Waals surface area contributed by atoms with Gasteiger partial charge in [-0.1, -0.05) is 47.7 Å². The highest BCUT2D eigenvalue weighted by molar-refractivity contribution is 6.30. The summed E-state index contributed by atoms with van der Waals surface area (Å²) in [5, 5.41) is 9.43. The lowest BCUT2D eigenvalue weighted by Gasteiger charge is -2.05. The van der Waals surface area contributed by atoms with Gasteiger partial charge in [0.15, 0.2) is 0 Å². The Morgan fingerprint density at radius 2 is 1.71 bits per heavy atom. The SMILES string of the molecule is OCCC#Cc1cccc(COCc2cccc(Cl)c2)c1. The normalized spacial score (nSPS) is 10.0. The molecule has 0 atom stereocenters. The molecule has 2 aromatic carbocycles. The summed E-state index contributed by atoms with van der Waals surface area (Å²) in [7, 11) is 0. The van der Waals surface area contributed by atoms with Crippen molar-refractivity contribution >= 4 is 11.6 Å². The fourth-order valence-corrected chi connectivity index (χ4v) is 2.09. The lowest BCUT2D eigenvalue weighted by Crippen LogP contribution is -1.94. The average Bonchev–Trinajstić information content (AvgIpc) is 2.48. The van der Waals surface area contributed by atoms with Gasteiger partial charge in [0, 0.05) is 17.0 Å². The van der Waals surface area contributed by atoms with Gasteiger partial charge in [0.2, 0.25) is 0 Å². The predicted molar refractivity (Wildman–Crippen MR) is 85.0 cm³/mol. The summed E-state index contributed by atoms with van der Waals surface area (Å²) < 4.78 is 5.69. The fourth-order valence-electron chi connectivity index (χ4n) is 1.87. The van der Waals surface area contributed by atoms with Gasteiger partial charge in [-0.15, -0.1) is 0 Å². The van der Waals surface area contributed by atoms with E-state index in [9.17, 15) is 0 Å². The monoisotopic (exact) mass is 300 g/mol. The number of hydrogen-bond acceptors (Lipinski definition) is 2. The third-order valence-corrected chi connectivity index (χ3v) is 3.06. The third-order valence-electron chi connectivity index (χ3n) is 2.82. The summed E-state index contributed by atoms with van der Waals surface area (Å²) >= 11 is 5.93. The van der Waals surface area contributed by atoms with Gasteiger partial charge in [0.1, 0.15) is 0 Å². The van der Waals surface area contributed by atoms with Crippen molar-refractivity contribution < 1.29 is 9.84 Å². The summed E-state index contributed by atoms with van der Waals surface area (Å²) in [6.07, 6.45) is 0.496. The average molecular weight is 301 g/mol. The highest BCUT2D eigenvalue weighted by Crippen LogP contribution is 2.13. The molecule has 0 bridgehead atoms. The minimum absolute atomic E-state index is 0.0927. The second kappa shape index (κ2) is 8.49. The number of aliphatic hydroxyl groups excluding tert-OH is 1. The van der Waals surface area contributed by atoms with Gasteiger partial charge in [0.25, 0.3) is 0 Å². The standard InChI is InChI=1S/C18H17ClO2/c19-18-9-4-8-17(12-18)14-21-13-16-7-3-6-15(11-16)5-1-2-10-20/h3-4,6-9,11-12,20H,2,10,13-14H2. The maximum atomic E-state index is 8.71. The van der Waals surface area contributed by atoms with Crippen molar-refractivity contribution in [2.24, 2.45) is 0 Å². The number of benzene rings is 2. The molecule has 0 amide bonds. The van der Waals surface area contributed by atoms with Crippen molar-refractivity contribution in [2.75, 3.05) is 6.61 Å². The van der Waals surface area contributed by atoms with Crippen LogP contribution in [0.3, 0.4) is 0 Å². The van der Waals surface area contributed by atoms with Crippen LogP contribution in [0.2, 0.25) is 5.02 Å². The smallest absolute Gasteiger partial charge is 0.0721 e. The molecule has 3 heteroatoms. The molecule has 0 aromatic heterocycles. The molecule has 0 aliphatic carbocycles. The zero-order valence-corrected chi connectivity index (χ0v) is 12.4. The van der Waals surface area contributed by atoms with Gasteiger partial charge in [-0.2, -0.15) is 0 Å². The van der Waals surface area contributed by atoms with Crippen LogP contribution in [0, 0.1) is 11.8 Å². The Labute approximate surface area is 130 Å². The van der Waals surface area contributed by atoms with E-state index in [1.165, 1.54) is 0 Å². The van der Waals surface area contributed by atoms with Crippen LogP contribution in [-0.4, -0.2) is 11.7 Å². The topological polar surface area (TPSA) is 29.5 Å². The van der Waals surface area contributed by atoms with Crippen LogP contribution in [-0.2, 0) is 18.0 Å². The molecule has 0 saturated heterocycles.